The Morgan fingerprint density at radius 2 is 2.11 bits per heavy atom. The number of hydrogen-bond donors (Lipinski definition) is 0. The van der Waals surface area contributed by atoms with Gasteiger partial charge >= 0.3 is 5.97 Å². The van der Waals surface area contributed by atoms with Crippen molar-refractivity contribution in [3.8, 4) is 0 Å². The second-order valence-corrected chi connectivity index (χ2v) is 3.77. The molecule has 1 aromatic rings. The molecule has 0 saturated carbocycles. The molecule has 1 rings (SSSR count). The molecule has 0 unspecified atom stereocenters. The molecule has 18 heavy (non-hydrogen) atoms. The summed E-state index contributed by atoms with van der Waals surface area (Å²) in [6.07, 6.45) is 3.15. The Labute approximate surface area is 108 Å². The zero-order chi connectivity index (χ0) is 13.4. The van der Waals surface area contributed by atoms with E-state index in [-0.39, 0.29) is 5.97 Å². The van der Waals surface area contributed by atoms with Crippen molar-refractivity contribution in [3.63, 3.8) is 0 Å². The van der Waals surface area contributed by atoms with Gasteiger partial charge in [-0.05, 0) is 19.8 Å². The monoisotopic (exact) mass is 252 g/mol. The summed E-state index contributed by atoms with van der Waals surface area (Å²) in [6.45, 7) is 7.18. The van der Waals surface area contributed by atoms with E-state index in [0.29, 0.717) is 43.3 Å². The number of nitrogens with zero attached hydrogens (tertiary/aromatic N) is 2. The van der Waals surface area contributed by atoms with Crippen LogP contribution in [0, 0.1) is 0 Å². The normalized spacial score (nSPS) is 10.4. The highest BCUT2D eigenvalue weighted by molar-refractivity contribution is 5.90. The van der Waals surface area contributed by atoms with Crippen LogP contribution in [0.25, 0.3) is 0 Å². The Bertz CT molecular complexity index is 394. The lowest BCUT2D eigenvalue weighted by Gasteiger charge is -2.08. The minimum absolute atomic E-state index is 0.351. The van der Waals surface area contributed by atoms with Crippen molar-refractivity contribution >= 4 is 5.97 Å². The summed E-state index contributed by atoms with van der Waals surface area (Å²) in [7, 11) is 0. The van der Waals surface area contributed by atoms with Crippen LogP contribution in [0.1, 0.15) is 49.1 Å². The zero-order valence-corrected chi connectivity index (χ0v) is 11.2. The van der Waals surface area contributed by atoms with Crippen molar-refractivity contribution < 1.29 is 14.3 Å². The molecule has 5 heteroatoms. The molecule has 0 fully saturated rings. The van der Waals surface area contributed by atoms with Gasteiger partial charge in [0.2, 0.25) is 0 Å². The van der Waals surface area contributed by atoms with Gasteiger partial charge in [-0.3, -0.25) is 0 Å². The fraction of sp³-hybridized carbons (Fsp3) is 0.615. The minimum atomic E-state index is -0.365. The van der Waals surface area contributed by atoms with Crippen LogP contribution in [0.2, 0.25) is 0 Å². The molecule has 0 aliphatic carbocycles. The summed E-state index contributed by atoms with van der Waals surface area (Å²) in [5, 5.41) is 0. The van der Waals surface area contributed by atoms with Crippen LogP contribution in [0.5, 0.6) is 0 Å². The predicted octanol–water partition coefficient (Wildman–Crippen LogP) is 2.14. The summed E-state index contributed by atoms with van der Waals surface area (Å²) in [5.41, 5.74) is 1.15. The Morgan fingerprint density at radius 1 is 1.33 bits per heavy atom. The highest BCUT2D eigenvalue weighted by Crippen LogP contribution is 2.09. The summed E-state index contributed by atoms with van der Waals surface area (Å²) in [6, 6.07) is 0. The van der Waals surface area contributed by atoms with Gasteiger partial charge in [0, 0.05) is 12.8 Å². The number of esters is 1. The van der Waals surface area contributed by atoms with E-state index in [2.05, 4.69) is 9.97 Å². The van der Waals surface area contributed by atoms with E-state index in [1.54, 1.807) is 6.92 Å². The maximum Gasteiger partial charge on any atom is 0.341 e. The zero-order valence-electron chi connectivity index (χ0n) is 11.2. The van der Waals surface area contributed by atoms with E-state index in [1.807, 2.05) is 13.8 Å². The topological polar surface area (TPSA) is 61.3 Å². The van der Waals surface area contributed by atoms with Crippen molar-refractivity contribution in [1.29, 1.82) is 0 Å². The number of hydrogen-bond acceptors (Lipinski definition) is 5. The Hall–Kier alpha value is -1.49. The molecule has 1 aromatic heterocycles. The molecule has 1 heterocycles. The molecular weight excluding hydrogens is 232 g/mol. The molecule has 0 aromatic carbocycles. The number of aromatic nitrogens is 2. The van der Waals surface area contributed by atoms with Crippen molar-refractivity contribution in [2.45, 2.75) is 40.2 Å². The molecular formula is C13H20N2O3. The summed E-state index contributed by atoms with van der Waals surface area (Å²) < 4.78 is 10.3. The van der Waals surface area contributed by atoms with Gasteiger partial charge in [-0.25, -0.2) is 14.8 Å². The first-order valence-electron chi connectivity index (χ1n) is 6.32. The third-order valence-electron chi connectivity index (χ3n) is 2.33. The van der Waals surface area contributed by atoms with Crippen molar-refractivity contribution in [3.05, 3.63) is 23.3 Å². The number of aryl methyl sites for hydroxylation is 1. The quantitative estimate of drug-likeness (QED) is 0.549. The van der Waals surface area contributed by atoms with E-state index in [4.69, 9.17) is 9.47 Å². The van der Waals surface area contributed by atoms with Gasteiger partial charge in [0.15, 0.2) is 5.82 Å². The van der Waals surface area contributed by atoms with Crippen LogP contribution < -0.4 is 0 Å². The van der Waals surface area contributed by atoms with Crippen LogP contribution >= 0.6 is 0 Å². The fourth-order valence-corrected chi connectivity index (χ4v) is 1.48. The number of rotatable bonds is 7. The highest BCUT2D eigenvalue weighted by atomic mass is 16.5. The van der Waals surface area contributed by atoms with E-state index < -0.39 is 0 Å². The second-order valence-electron chi connectivity index (χ2n) is 3.77. The molecule has 0 saturated heterocycles. The number of carbonyl (C=O) groups is 1. The average Bonchev–Trinajstić information content (AvgIpc) is 2.39. The lowest BCUT2D eigenvalue weighted by atomic mass is 10.2. The van der Waals surface area contributed by atoms with Crippen LogP contribution in [0.3, 0.4) is 0 Å². The minimum Gasteiger partial charge on any atom is -0.462 e. The lowest BCUT2D eigenvalue weighted by molar-refractivity contribution is 0.0523. The Balaban J connectivity index is 2.79. The van der Waals surface area contributed by atoms with Gasteiger partial charge in [-0.2, -0.15) is 0 Å². The third kappa shape index (κ3) is 4.07. The first-order valence-corrected chi connectivity index (χ1v) is 6.32. The summed E-state index contributed by atoms with van der Waals surface area (Å²) in [4.78, 5) is 20.1. The average molecular weight is 252 g/mol. The van der Waals surface area contributed by atoms with Gasteiger partial charge in [0.25, 0.3) is 0 Å². The van der Waals surface area contributed by atoms with Crippen LogP contribution in [-0.2, 0) is 22.5 Å². The van der Waals surface area contributed by atoms with Gasteiger partial charge in [-0.15, -0.1) is 0 Å². The number of ether oxygens (including phenoxy) is 2. The third-order valence-corrected chi connectivity index (χ3v) is 2.33. The predicted molar refractivity (Wildman–Crippen MR) is 67.3 cm³/mol. The molecule has 0 spiro atoms. The molecule has 0 aliphatic heterocycles. The van der Waals surface area contributed by atoms with Crippen LogP contribution in [0.15, 0.2) is 6.20 Å². The summed E-state index contributed by atoms with van der Waals surface area (Å²) >= 11 is 0. The molecule has 0 amide bonds. The maximum absolute atomic E-state index is 11.7. The summed E-state index contributed by atoms with van der Waals surface area (Å²) in [5.74, 6) is 0.240. The molecule has 5 nitrogen and oxygen atoms in total. The van der Waals surface area contributed by atoms with E-state index in [0.717, 1.165) is 6.42 Å². The van der Waals surface area contributed by atoms with E-state index in [1.165, 1.54) is 6.20 Å². The smallest absolute Gasteiger partial charge is 0.341 e. The molecule has 100 valence electrons. The van der Waals surface area contributed by atoms with Crippen molar-refractivity contribution in [1.82, 2.24) is 9.97 Å². The largest absolute Gasteiger partial charge is 0.462 e. The first-order chi connectivity index (χ1) is 8.72. The molecule has 0 N–H and O–H groups in total. The van der Waals surface area contributed by atoms with Gasteiger partial charge in [-0.1, -0.05) is 13.8 Å². The molecule has 0 atom stereocenters. The first kappa shape index (κ1) is 14.6. The van der Waals surface area contributed by atoms with Gasteiger partial charge in [0.05, 0.1) is 17.9 Å². The maximum atomic E-state index is 11.7. The Kier molecular flexibility index (Phi) is 6.28. The van der Waals surface area contributed by atoms with Crippen molar-refractivity contribution in [2.24, 2.45) is 0 Å². The van der Waals surface area contributed by atoms with Crippen molar-refractivity contribution in [2.75, 3.05) is 13.2 Å². The second kappa shape index (κ2) is 7.76. The lowest BCUT2D eigenvalue weighted by Crippen LogP contribution is -2.12. The molecule has 0 aliphatic rings. The van der Waals surface area contributed by atoms with Crippen LogP contribution in [-0.4, -0.2) is 29.2 Å². The fourth-order valence-electron chi connectivity index (χ4n) is 1.48. The SMILES string of the molecule is CCCOCc1ncc(C(=O)OCC)c(CC)n1. The van der Waals surface area contributed by atoms with Gasteiger partial charge in [0.1, 0.15) is 6.61 Å². The van der Waals surface area contributed by atoms with Gasteiger partial charge < -0.3 is 9.47 Å². The van der Waals surface area contributed by atoms with E-state index >= 15 is 0 Å². The standard InChI is InChI=1S/C13H20N2O3/c1-4-7-17-9-12-14-8-10(11(5-2)15-12)13(16)18-6-3/h8H,4-7,9H2,1-3H3. The van der Waals surface area contributed by atoms with E-state index in [9.17, 15) is 4.79 Å². The molecule has 0 radical (unpaired) electrons. The Morgan fingerprint density at radius 3 is 2.72 bits per heavy atom. The van der Waals surface area contributed by atoms with Crippen LogP contribution in [0.4, 0.5) is 0 Å². The number of carbonyl (C=O) groups excluding carboxylic acids is 1. The highest BCUT2D eigenvalue weighted by Gasteiger charge is 2.14. The molecule has 0 bridgehead atoms.